The maximum atomic E-state index is 13.0. The van der Waals surface area contributed by atoms with E-state index in [9.17, 15) is 14.0 Å². The summed E-state index contributed by atoms with van der Waals surface area (Å²) < 4.78 is 13.0. The second-order valence-corrected chi connectivity index (χ2v) is 5.75. The third-order valence-corrected chi connectivity index (χ3v) is 4.04. The van der Waals surface area contributed by atoms with Gasteiger partial charge in [0.1, 0.15) is 17.4 Å². The first-order chi connectivity index (χ1) is 11.3. The number of nitrogens with zero attached hydrogens (tertiary/aromatic N) is 1. The van der Waals surface area contributed by atoms with Crippen LogP contribution in [0.1, 0.15) is 28.8 Å². The van der Waals surface area contributed by atoms with Crippen LogP contribution in [-0.4, -0.2) is 10.9 Å². The minimum atomic E-state index is -0.485. The molecule has 1 aromatic carbocycles. The van der Waals surface area contributed by atoms with E-state index in [1.807, 2.05) is 6.07 Å². The molecule has 0 saturated heterocycles. The van der Waals surface area contributed by atoms with Crippen LogP contribution in [0.15, 0.2) is 23.0 Å². The molecule has 0 aliphatic heterocycles. The zero-order valence-corrected chi connectivity index (χ0v) is 13.9. The van der Waals surface area contributed by atoms with Gasteiger partial charge < -0.3 is 10.3 Å². The van der Waals surface area contributed by atoms with E-state index in [0.29, 0.717) is 23.4 Å². The number of rotatable bonds is 4. The Kier molecular flexibility index (Phi) is 5.37. The standard InChI is InChI=1S/C17H15ClFN3O2/c1-9-12(10(2)21-17(24)13(9)8-20)4-6-16(23)22-15-5-3-11(19)7-14(15)18/h3,5,7H,4,6H2,1-2H3,(H,21,24)(H,22,23). The number of hydrogen-bond donors (Lipinski definition) is 2. The SMILES string of the molecule is Cc1[nH]c(=O)c(C#N)c(C)c1CCC(=O)Nc1ccc(F)cc1Cl. The molecule has 0 atom stereocenters. The minimum absolute atomic E-state index is 0.0533. The Morgan fingerprint density at radius 1 is 1.42 bits per heavy atom. The monoisotopic (exact) mass is 347 g/mol. The van der Waals surface area contributed by atoms with E-state index in [-0.39, 0.29) is 22.9 Å². The molecule has 0 bridgehead atoms. The average molecular weight is 348 g/mol. The van der Waals surface area contributed by atoms with Gasteiger partial charge in [0, 0.05) is 12.1 Å². The second-order valence-electron chi connectivity index (χ2n) is 5.34. The Balaban J connectivity index is 2.12. The van der Waals surface area contributed by atoms with Gasteiger partial charge in [-0.05, 0) is 49.6 Å². The highest BCUT2D eigenvalue weighted by Crippen LogP contribution is 2.23. The van der Waals surface area contributed by atoms with Crippen LogP contribution in [0.2, 0.25) is 5.02 Å². The Labute approximate surface area is 143 Å². The lowest BCUT2D eigenvalue weighted by Gasteiger charge is -2.11. The van der Waals surface area contributed by atoms with Crippen molar-refractivity contribution < 1.29 is 9.18 Å². The zero-order valence-electron chi connectivity index (χ0n) is 13.2. The number of carbonyl (C=O) groups excluding carboxylic acids is 1. The fraction of sp³-hybridized carbons (Fsp3) is 0.235. The first-order valence-corrected chi connectivity index (χ1v) is 7.58. The van der Waals surface area contributed by atoms with Crippen LogP contribution < -0.4 is 10.9 Å². The molecule has 0 aliphatic carbocycles. The van der Waals surface area contributed by atoms with E-state index in [1.54, 1.807) is 13.8 Å². The van der Waals surface area contributed by atoms with Crippen LogP contribution >= 0.6 is 11.6 Å². The first-order valence-electron chi connectivity index (χ1n) is 7.20. The number of carbonyl (C=O) groups is 1. The number of amides is 1. The molecule has 0 fully saturated rings. The third kappa shape index (κ3) is 3.81. The number of aryl methyl sites for hydroxylation is 1. The summed E-state index contributed by atoms with van der Waals surface area (Å²) in [5, 5.41) is 11.8. The molecule has 7 heteroatoms. The van der Waals surface area contributed by atoms with Crippen molar-refractivity contribution in [1.29, 1.82) is 5.26 Å². The molecule has 0 radical (unpaired) electrons. The number of aromatic nitrogens is 1. The second kappa shape index (κ2) is 7.28. The number of pyridine rings is 1. The van der Waals surface area contributed by atoms with Crippen LogP contribution in [0.5, 0.6) is 0 Å². The van der Waals surface area contributed by atoms with E-state index in [4.69, 9.17) is 16.9 Å². The fourth-order valence-corrected chi connectivity index (χ4v) is 2.68. The molecule has 2 N–H and O–H groups in total. The topological polar surface area (TPSA) is 85.8 Å². The van der Waals surface area contributed by atoms with Crippen molar-refractivity contribution in [1.82, 2.24) is 4.98 Å². The molecule has 2 aromatic rings. The van der Waals surface area contributed by atoms with Gasteiger partial charge in [0.05, 0.1) is 10.7 Å². The van der Waals surface area contributed by atoms with E-state index in [2.05, 4.69) is 10.3 Å². The van der Waals surface area contributed by atoms with Gasteiger partial charge in [0.2, 0.25) is 5.91 Å². The summed E-state index contributed by atoms with van der Waals surface area (Å²) in [5.74, 6) is -0.784. The highest BCUT2D eigenvalue weighted by atomic mass is 35.5. The largest absolute Gasteiger partial charge is 0.325 e. The Morgan fingerprint density at radius 3 is 2.75 bits per heavy atom. The summed E-state index contributed by atoms with van der Waals surface area (Å²) in [4.78, 5) is 26.4. The quantitative estimate of drug-likeness (QED) is 0.890. The number of aromatic amines is 1. The summed E-state index contributed by atoms with van der Waals surface area (Å²) in [7, 11) is 0. The maximum Gasteiger partial charge on any atom is 0.266 e. The Morgan fingerprint density at radius 2 is 2.12 bits per heavy atom. The van der Waals surface area contributed by atoms with Gasteiger partial charge in [-0.1, -0.05) is 11.6 Å². The normalized spacial score (nSPS) is 10.3. The van der Waals surface area contributed by atoms with E-state index in [1.165, 1.54) is 12.1 Å². The summed E-state index contributed by atoms with van der Waals surface area (Å²) >= 11 is 5.87. The smallest absolute Gasteiger partial charge is 0.266 e. The third-order valence-electron chi connectivity index (χ3n) is 3.73. The molecule has 0 spiro atoms. The lowest BCUT2D eigenvalue weighted by molar-refractivity contribution is -0.116. The lowest BCUT2D eigenvalue weighted by atomic mass is 9.99. The number of nitriles is 1. The van der Waals surface area contributed by atoms with Crippen molar-refractivity contribution in [2.45, 2.75) is 26.7 Å². The number of nitrogens with one attached hydrogen (secondary N) is 2. The van der Waals surface area contributed by atoms with Crippen molar-refractivity contribution in [2.24, 2.45) is 0 Å². The van der Waals surface area contributed by atoms with Gasteiger partial charge in [-0.3, -0.25) is 9.59 Å². The van der Waals surface area contributed by atoms with Gasteiger partial charge >= 0.3 is 0 Å². The van der Waals surface area contributed by atoms with Gasteiger partial charge in [-0.25, -0.2) is 4.39 Å². The summed E-state index contributed by atoms with van der Waals surface area (Å²) in [6.45, 7) is 3.41. The molecule has 2 rings (SSSR count). The summed E-state index contributed by atoms with van der Waals surface area (Å²) in [5.41, 5.74) is 1.91. The Hall–Kier alpha value is -2.65. The average Bonchev–Trinajstić information content (AvgIpc) is 2.50. The van der Waals surface area contributed by atoms with Crippen molar-refractivity contribution in [3.8, 4) is 6.07 Å². The first kappa shape index (κ1) is 17.7. The van der Waals surface area contributed by atoms with Crippen LogP contribution in [-0.2, 0) is 11.2 Å². The van der Waals surface area contributed by atoms with Crippen LogP contribution in [0.25, 0.3) is 0 Å². The molecule has 5 nitrogen and oxygen atoms in total. The molecule has 124 valence electrons. The van der Waals surface area contributed by atoms with Crippen molar-refractivity contribution >= 4 is 23.2 Å². The highest BCUT2D eigenvalue weighted by Gasteiger charge is 2.14. The van der Waals surface area contributed by atoms with Crippen molar-refractivity contribution in [2.75, 3.05) is 5.32 Å². The Bertz CT molecular complexity index is 900. The van der Waals surface area contributed by atoms with E-state index < -0.39 is 11.4 Å². The number of H-pyrrole nitrogens is 1. The van der Waals surface area contributed by atoms with Crippen LogP contribution in [0.4, 0.5) is 10.1 Å². The molecule has 1 aromatic heterocycles. The molecule has 1 amide bonds. The molecule has 0 aliphatic rings. The van der Waals surface area contributed by atoms with Gasteiger partial charge in [-0.2, -0.15) is 5.26 Å². The fourth-order valence-electron chi connectivity index (χ4n) is 2.46. The van der Waals surface area contributed by atoms with E-state index in [0.717, 1.165) is 11.6 Å². The molecule has 1 heterocycles. The van der Waals surface area contributed by atoms with Gasteiger partial charge in [0.25, 0.3) is 5.56 Å². The van der Waals surface area contributed by atoms with E-state index >= 15 is 0 Å². The summed E-state index contributed by atoms with van der Waals surface area (Å²) in [6.07, 6.45) is 0.486. The van der Waals surface area contributed by atoms with Crippen LogP contribution in [0.3, 0.4) is 0 Å². The van der Waals surface area contributed by atoms with Crippen molar-refractivity contribution in [3.63, 3.8) is 0 Å². The minimum Gasteiger partial charge on any atom is -0.325 e. The molecular weight excluding hydrogens is 333 g/mol. The van der Waals surface area contributed by atoms with Gasteiger partial charge in [0.15, 0.2) is 0 Å². The molecule has 24 heavy (non-hydrogen) atoms. The number of hydrogen-bond acceptors (Lipinski definition) is 3. The number of anilines is 1. The number of benzene rings is 1. The maximum absolute atomic E-state index is 13.0. The predicted octanol–water partition coefficient (Wildman–Crippen LogP) is 3.23. The summed E-state index contributed by atoms with van der Waals surface area (Å²) in [6, 6.07) is 5.59. The predicted molar refractivity (Wildman–Crippen MR) is 89.6 cm³/mol. The lowest BCUT2D eigenvalue weighted by Crippen LogP contribution is -2.18. The highest BCUT2D eigenvalue weighted by molar-refractivity contribution is 6.33. The molecular formula is C17H15ClFN3O2. The zero-order chi connectivity index (χ0) is 17.9. The molecule has 0 saturated carbocycles. The van der Waals surface area contributed by atoms with Gasteiger partial charge in [-0.15, -0.1) is 0 Å². The number of halogens is 2. The van der Waals surface area contributed by atoms with Crippen molar-refractivity contribution in [3.05, 3.63) is 61.8 Å². The van der Waals surface area contributed by atoms with Crippen LogP contribution in [0, 0.1) is 31.0 Å². The molecule has 0 unspecified atom stereocenters.